The van der Waals surface area contributed by atoms with Gasteiger partial charge >= 0.3 is 12.1 Å². The van der Waals surface area contributed by atoms with E-state index in [0.29, 0.717) is 12.8 Å². The number of hydrogen-bond donors (Lipinski definition) is 3. The molecule has 0 fully saturated rings. The van der Waals surface area contributed by atoms with Gasteiger partial charge in [0.25, 0.3) is 5.91 Å². The molecule has 31 heavy (non-hydrogen) atoms. The number of rotatable bonds is 9. The molecule has 3 rings (SSSR count). The third kappa shape index (κ3) is 5.21. The number of carbonyl (C=O) groups excluding carboxylic acids is 2. The third-order valence-electron chi connectivity index (χ3n) is 5.21. The molecule has 2 aromatic carbocycles. The molecule has 0 radical (unpaired) electrons. The SMILES string of the molecule is CCC[C@@H](NC(=O)OCC1c2ccccc2-c2ccccc21)C(=O)NOC(C)C(=O)O. The maximum Gasteiger partial charge on any atom is 0.407 e. The first-order chi connectivity index (χ1) is 14.9. The lowest BCUT2D eigenvalue weighted by atomic mass is 9.98. The van der Waals surface area contributed by atoms with Crippen LogP contribution < -0.4 is 10.8 Å². The van der Waals surface area contributed by atoms with Crippen LogP contribution in [0.15, 0.2) is 48.5 Å². The molecular weight excluding hydrogens is 400 g/mol. The van der Waals surface area contributed by atoms with Crippen molar-refractivity contribution in [1.82, 2.24) is 10.8 Å². The molecule has 2 aromatic rings. The van der Waals surface area contributed by atoms with Crippen molar-refractivity contribution in [3.05, 3.63) is 59.7 Å². The number of hydroxylamine groups is 1. The molecule has 1 aliphatic rings. The number of nitrogens with one attached hydrogen (secondary N) is 2. The first kappa shape index (κ1) is 22.3. The van der Waals surface area contributed by atoms with Gasteiger partial charge in [-0.25, -0.2) is 15.1 Å². The van der Waals surface area contributed by atoms with Crippen molar-refractivity contribution in [3.8, 4) is 11.1 Å². The zero-order chi connectivity index (χ0) is 22.4. The van der Waals surface area contributed by atoms with Gasteiger partial charge in [-0.2, -0.15) is 0 Å². The predicted molar refractivity (Wildman–Crippen MR) is 113 cm³/mol. The van der Waals surface area contributed by atoms with Crippen molar-refractivity contribution in [2.75, 3.05) is 6.61 Å². The molecule has 164 valence electrons. The van der Waals surface area contributed by atoms with Crippen LogP contribution in [0, 0.1) is 0 Å². The average Bonchev–Trinajstić information content (AvgIpc) is 3.09. The molecule has 8 heteroatoms. The maximum absolute atomic E-state index is 12.4. The fourth-order valence-electron chi connectivity index (χ4n) is 3.61. The van der Waals surface area contributed by atoms with Crippen LogP contribution in [0.3, 0.4) is 0 Å². The monoisotopic (exact) mass is 426 g/mol. The number of alkyl carbamates (subject to hydrolysis) is 1. The Morgan fingerprint density at radius 1 is 1.03 bits per heavy atom. The average molecular weight is 426 g/mol. The Bertz CT molecular complexity index is 915. The fraction of sp³-hybridized carbons (Fsp3) is 0.348. The van der Waals surface area contributed by atoms with Gasteiger partial charge in [0.1, 0.15) is 12.6 Å². The van der Waals surface area contributed by atoms with Crippen molar-refractivity contribution in [2.24, 2.45) is 0 Å². The zero-order valence-corrected chi connectivity index (χ0v) is 17.5. The van der Waals surface area contributed by atoms with E-state index < -0.39 is 30.1 Å². The van der Waals surface area contributed by atoms with Gasteiger partial charge in [-0.1, -0.05) is 61.9 Å². The number of amides is 2. The lowest BCUT2D eigenvalue weighted by molar-refractivity contribution is -0.159. The van der Waals surface area contributed by atoms with E-state index in [4.69, 9.17) is 14.7 Å². The Balaban J connectivity index is 1.61. The zero-order valence-electron chi connectivity index (χ0n) is 17.5. The number of carboxylic acids is 1. The first-order valence-corrected chi connectivity index (χ1v) is 10.2. The van der Waals surface area contributed by atoms with E-state index in [-0.39, 0.29) is 12.5 Å². The van der Waals surface area contributed by atoms with Crippen molar-refractivity contribution < 1.29 is 29.1 Å². The quantitative estimate of drug-likeness (QED) is 0.531. The third-order valence-corrected chi connectivity index (χ3v) is 5.21. The van der Waals surface area contributed by atoms with E-state index in [1.807, 2.05) is 55.5 Å². The number of aliphatic carboxylic acids is 1. The van der Waals surface area contributed by atoms with Gasteiger partial charge in [-0.05, 0) is 35.6 Å². The molecule has 0 saturated heterocycles. The maximum atomic E-state index is 12.4. The van der Waals surface area contributed by atoms with Crippen molar-refractivity contribution >= 4 is 18.0 Å². The van der Waals surface area contributed by atoms with Crippen LogP contribution >= 0.6 is 0 Å². The van der Waals surface area contributed by atoms with Crippen LogP contribution in [0.25, 0.3) is 11.1 Å². The summed E-state index contributed by atoms with van der Waals surface area (Å²) in [7, 11) is 0. The molecule has 1 unspecified atom stereocenters. The van der Waals surface area contributed by atoms with Gasteiger partial charge in [0.2, 0.25) is 0 Å². The fourth-order valence-corrected chi connectivity index (χ4v) is 3.61. The van der Waals surface area contributed by atoms with E-state index in [1.165, 1.54) is 6.92 Å². The van der Waals surface area contributed by atoms with Crippen molar-refractivity contribution in [3.63, 3.8) is 0 Å². The highest BCUT2D eigenvalue weighted by atomic mass is 16.7. The molecule has 0 saturated carbocycles. The first-order valence-electron chi connectivity index (χ1n) is 10.2. The minimum atomic E-state index is -1.21. The smallest absolute Gasteiger partial charge is 0.407 e. The molecule has 0 spiro atoms. The van der Waals surface area contributed by atoms with E-state index in [0.717, 1.165) is 22.3 Å². The summed E-state index contributed by atoms with van der Waals surface area (Å²) in [6, 6.07) is 15.1. The van der Waals surface area contributed by atoms with Crippen LogP contribution in [-0.4, -0.2) is 41.8 Å². The molecular formula is C23H26N2O6. The standard InChI is InChI=1S/C23H26N2O6/c1-3-8-20(21(26)25-31-14(2)22(27)28)24-23(29)30-13-19-17-11-6-4-9-15(17)16-10-5-7-12-18(16)19/h4-7,9-12,14,19-20H,3,8,13H2,1-2H3,(H,24,29)(H,25,26)(H,27,28)/t14?,20-/m1/s1. The van der Waals surface area contributed by atoms with Crippen LogP contribution in [0.5, 0.6) is 0 Å². The Hall–Kier alpha value is -3.39. The topological polar surface area (TPSA) is 114 Å². The van der Waals surface area contributed by atoms with E-state index in [2.05, 4.69) is 10.8 Å². The Morgan fingerprint density at radius 2 is 1.61 bits per heavy atom. The highest BCUT2D eigenvalue weighted by molar-refractivity contribution is 5.85. The van der Waals surface area contributed by atoms with E-state index in [9.17, 15) is 14.4 Å². The number of fused-ring (bicyclic) bond motifs is 3. The highest BCUT2D eigenvalue weighted by Gasteiger charge is 2.30. The van der Waals surface area contributed by atoms with Gasteiger partial charge in [-0.15, -0.1) is 0 Å². The molecule has 0 bridgehead atoms. The van der Waals surface area contributed by atoms with Crippen LogP contribution in [0.1, 0.15) is 43.7 Å². The molecule has 2 atom stereocenters. The molecule has 1 aliphatic carbocycles. The summed E-state index contributed by atoms with van der Waals surface area (Å²) in [5.41, 5.74) is 6.52. The summed E-state index contributed by atoms with van der Waals surface area (Å²) >= 11 is 0. The molecule has 0 heterocycles. The van der Waals surface area contributed by atoms with Crippen LogP contribution in [0.4, 0.5) is 4.79 Å². The van der Waals surface area contributed by atoms with Gasteiger partial charge in [0.05, 0.1) is 0 Å². The summed E-state index contributed by atoms with van der Waals surface area (Å²) in [4.78, 5) is 40.3. The summed E-state index contributed by atoms with van der Waals surface area (Å²) < 4.78 is 5.47. The molecule has 8 nitrogen and oxygen atoms in total. The Morgan fingerprint density at radius 3 is 2.16 bits per heavy atom. The molecule has 0 aliphatic heterocycles. The summed E-state index contributed by atoms with van der Waals surface area (Å²) in [6.07, 6.45) is -0.959. The lowest BCUT2D eigenvalue weighted by Crippen LogP contribution is -2.48. The minimum absolute atomic E-state index is 0.0867. The van der Waals surface area contributed by atoms with Gasteiger partial charge in [0.15, 0.2) is 6.10 Å². The molecule has 2 amide bonds. The predicted octanol–water partition coefficient (Wildman–Crippen LogP) is 3.21. The van der Waals surface area contributed by atoms with E-state index >= 15 is 0 Å². The number of carbonyl (C=O) groups is 3. The lowest BCUT2D eigenvalue weighted by Gasteiger charge is -2.19. The number of hydrogen-bond acceptors (Lipinski definition) is 5. The normalized spacial score (nSPS) is 14.1. The molecule has 0 aromatic heterocycles. The summed E-state index contributed by atoms with van der Waals surface area (Å²) in [6.45, 7) is 3.28. The summed E-state index contributed by atoms with van der Waals surface area (Å²) in [5, 5.41) is 11.4. The highest BCUT2D eigenvalue weighted by Crippen LogP contribution is 2.44. The second-order valence-corrected chi connectivity index (χ2v) is 7.38. The van der Waals surface area contributed by atoms with E-state index in [1.54, 1.807) is 0 Å². The van der Waals surface area contributed by atoms with Crippen LogP contribution in [0.2, 0.25) is 0 Å². The van der Waals surface area contributed by atoms with Gasteiger partial charge in [-0.3, -0.25) is 9.63 Å². The van der Waals surface area contributed by atoms with Gasteiger partial charge in [0, 0.05) is 5.92 Å². The Labute approximate surface area is 180 Å². The summed E-state index contributed by atoms with van der Waals surface area (Å²) in [5.74, 6) is -1.93. The second-order valence-electron chi connectivity index (χ2n) is 7.38. The Kier molecular flexibility index (Phi) is 7.25. The number of ether oxygens (including phenoxy) is 1. The number of benzene rings is 2. The minimum Gasteiger partial charge on any atom is -0.479 e. The van der Waals surface area contributed by atoms with Crippen LogP contribution in [-0.2, 0) is 19.2 Å². The largest absolute Gasteiger partial charge is 0.479 e. The van der Waals surface area contributed by atoms with Crippen molar-refractivity contribution in [1.29, 1.82) is 0 Å². The van der Waals surface area contributed by atoms with Gasteiger partial charge < -0.3 is 15.2 Å². The molecule has 3 N–H and O–H groups in total. The number of carboxylic acid groups (broad SMARTS) is 1. The van der Waals surface area contributed by atoms with Crippen molar-refractivity contribution in [2.45, 2.75) is 44.8 Å². The second kappa shape index (κ2) is 10.1.